The van der Waals surface area contributed by atoms with Crippen molar-refractivity contribution in [3.05, 3.63) is 75.8 Å². The third kappa shape index (κ3) is 7.27. The van der Waals surface area contributed by atoms with E-state index in [0.29, 0.717) is 12.0 Å². The molecule has 0 aromatic heterocycles. The number of carboxylic acid groups (broad SMARTS) is 2. The van der Waals surface area contributed by atoms with Crippen molar-refractivity contribution in [3.63, 3.8) is 0 Å². The lowest BCUT2D eigenvalue weighted by molar-refractivity contribution is -0.384. The number of hydrogen-bond donors (Lipinski definition) is 2. The van der Waals surface area contributed by atoms with Gasteiger partial charge in [-0.05, 0) is 23.5 Å². The average Bonchev–Trinajstić information content (AvgIpc) is 2.63. The molecule has 0 heterocycles. The van der Waals surface area contributed by atoms with E-state index in [-0.39, 0.29) is 18.0 Å². The van der Waals surface area contributed by atoms with Crippen molar-refractivity contribution >= 4 is 17.6 Å². The van der Waals surface area contributed by atoms with Gasteiger partial charge in [-0.15, -0.1) is 0 Å². The number of nitrogens with zero attached hydrogens (tertiary/aromatic N) is 1. The summed E-state index contributed by atoms with van der Waals surface area (Å²) in [6.07, 6.45) is 0.664. The van der Waals surface area contributed by atoms with Crippen LogP contribution in [0.2, 0.25) is 0 Å². The molecule has 0 aliphatic rings. The van der Waals surface area contributed by atoms with Crippen molar-refractivity contribution in [1.29, 1.82) is 0 Å². The molecule has 2 atom stereocenters. The van der Waals surface area contributed by atoms with Crippen LogP contribution in [0, 0.1) is 10.1 Å². The topological polar surface area (TPSA) is 118 Å². The van der Waals surface area contributed by atoms with E-state index in [9.17, 15) is 19.7 Å². The Morgan fingerprint density at radius 3 is 1.96 bits per heavy atom. The van der Waals surface area contributed by atoms with E-state index in [1.807, 2.05) is 37.3 Å². The average molecular weight is 373 g/mol. The Morgan fingerprint density at radius 2 is 1.56 bits per heavy atom. The lowest BCUT2D eigenvalue weighted by Gasteiger charge is -2.08. The molecule has 27 heavy (non-hydrogen) atoms. The summed E-state index contributed by atoms with van der Waals surface area (Å²) in [4.78, 5) is 31.1. The maximum atomic E-state index is 10.8. The van der Waals surface area contributed by atoms with Crippen LogP contribution in [0.5, 0.6) is 0 Å². The van der Waals surface area contributed by atoms with Crippen molar-refractivity contribution in [2.45, 2.75) is 38.5 Å². The third-order valence-electron chi connectivity index (χ3n) is 4.06. The monoisotopic (exact) mass is 373 g/mol. The summed E-state index contributed by atoms with van der Waals surface area (Å²) in [6.45, 7) is 3.68. The number of rotatable bonds is 7. The molecule has 0 fully saturated rings. The Kier molecular flexibility index (Phi) is 8.65. The highest BCUT2D eigenvalue weighted by Gasteiger charge is 2.18. The Bertz CT molecular complexity index is 758. The van der Waals surface area contributed by atoms with Crippen molar-refractivity contribution < 1.29 is 24.7 Å². The molecule has 0 bridgehead atoms. The normalized spacial score (nSPS) is 12.2. The number of nitro groups is 1. The van der Waals surface area contributed by atoms with E-state index in [1.165, 1.54) is 24.3 Å². The molecule has 0 unspecified atom stereocenters. The second kappa shape index (κ2) is 10.7. The van der Waals surface area contributed by atoms with Crippen LogP contribution in [-0.4, -0.2) is 27.1 Å². The molecule has 0 saturated carbocycles. The summed E-state index contributed by atoms with van der Waals surface area (Å²) in [5.41, 5.74) is 1.65. The zero-order valence-electron chi connectivity index (χ0n) is 15.2. The molecule has 2 aromatic rings. The van der Waals surface area contributed by atoms with Gasteiger partial charge in [0.1, 0.15) is 0 Å². The summed E-state index contributed by atoms with van der Waals surface area (Å²) in [7, 11) is 0. The molecule has 0 spiro atoms. The first kappa shape index (κ1) is 21.8. The van der Waals surface area contributed by atoms with Crippen LogP contribution in [0.3, 0.4) is 0 Å². The summed E-state index contributed by atoms with van der Waals surface area (Å²) < 4.78 is 0. The van der Waals surface area contributed by atoms with Crippen LogP contribution in [0.4, 0.5) is 5.69 Å². The van der Waals surface area contributed by atoms with Gasteiger partial charge in [-0.25, -0.2) is 0 Å². The van der Waals surface area contributed by atoms with E-state index in [2.05, 4.69) is 0 Å². The smallest absolute Gasteiger partial charge is 0.310 e. The molecular formula is C20H23NO6. The van der Waals surface area contributed by atoms with E-state index >= 15 is 0 Å². The van der Waals surface area contributed by atoms with E-state index in [1.54, 1.807) is 6.92 Å². The maximum Gasteiger partial charge on any atom is 0.310 e. The number of carboxylic acids is 2. The van der Waals surface area contributed by atoms with Crippen LogP contribution in [-0.2, 0) is 9.59 Å². The van der Waals surface area contributed by atoms with Gasteiger partial charge in [0.05, 0.1) is 17.3 Å². The first-order valence-corrected chi connectivity index (χ1v) is 8.50. The van der Waals surface area contributed by atoms with Gasteiger partial charge < -0.3 is 10.2 Å². The minimum Gasteiger partial charge on any atom is -0.481 e. The van der Waals surface area contributed by atoms with Gasteiger partial charge in [-0.2, -0.15) is 0 Å². The lowest BCUT2D eigenvalue weighted by Crippen LogP contribution is -2.10. The minimum absolute atomic E-state index is 0.0287. The maximum absolute atomic E-state index is 10.8. The Labute approximate surface area is 157 Å². The van der Waals surface area contributed by atoms with Crippen LogP contribution in [0.1, 0.15) is 49.7 Å². The van der Waals surface area contributed by atoms with Gasteiger partial charge in [0, 0.05) is 12.1 Å². The standard InChI is InChI=1S/C10H11NO4.C10H12O2/c1-2-9(10(12)13)7-3-5-8(6-4-7)11(14)15;1-8(7-10(11)12)9-5-3-2-4-6-9/h3-6,9H,2H2,1H3,(H,12,13);2-6,8H,7H2,1H3,(H,11,12)/t9-;8-/m11/s1. The van der Waals surface area contributed by atoms with Crippen LogP contribution in [0.15, 0.2) is 54.6 Å². The fraction of sp³-hybridized carbons (Fsp3) is 0.300. The second-order valence-corrected chi connectivity index (χ2v) is 6.06. The van der Waals surface area contributed by atoms with Crippen LogP contribution >= 0.6 is 0 Å². The Hall–Kier alpha value is -3.22. The van der Waals surface area contributed by atoms with Gasteiger partial charge in [0.15, 0.2) is 0 Å². The quantitative estimate of drug-likeness (QED) is 0.547. The molecule has 2 rings (SSSR count). The molecule has 0 aliphatic carbocycles. The largest absolute Gasteiger partial charge is 0.481 e. The van der Waals surface area contributed by atoms with Crippen LogP contribution < -0.4 is 0 Å². The summed E-state index contributed by atoms with van der Waals surface area (Å²) in [5.74, 6) is -2.15. The number of benzene rings is 2. The van der Waals surface area contributed by atoms with Crippen molar-refractivity contribution in [1.82, 2.24) is 0 Å². The molecule has 0 amide bonds. The van der Waals surface area contributed by atoms with Gasteiger partial charge in [0.25, 0.3) is 5.69 Å². The molecular weight excluding hydrogens is 350 g/mol. The minimum atomic E-state index is -0.911. The van der Waals surface area contributed by atoms with Gasteiger partial charge >= 0.3 is 11.9 Å². The molecule has 0 aliphatic heterocycles. The fourth-order valence-corrected chi connectivity index (χ4v) is 2.54. The molecule has 7 heteroatoms. The number of aliphatic carboxylic acids is 2. The highest BCUT2D eigenvalue weighted by atomic mass is 16.6. The number of carbonyl (C=O) groups is 2. The van der Waals surface area contributed by atoms with Crippen molar-refractivity contribution in [2.24, 2.45) is 0 Å². The van der Waals surface area contributed by atoms with Crippen LogP contribution in [0.25, 0.3) is 0 Å². The summed E-state index contributed by atoms with van der Waals surface area (Å²) in [5, 5.41) is 27.8. The zero-order valence-corrected chi connectivity index (χ0v) is 15.2. The number of nitro benzene ring substituents is 1. The van der Waals surface area contributed by atoms with Gasteiger partial charge in [-0.1, -0.05) is 56.3 Å². The second-order valence-electron chi connectivity index (χ2n) is 6.06. The van der Waals surface area contributed by atoms with Crippen molar-refractivity contribution in [2.75, 3.05) is 0 Å². The van der Waals surface area contributed by atoms with Gasteiger partial charge in [-0.3, -0.25) is 19.7 Å². The molecule has 0 radical (unpaired) electrons. The van der Waals surface area contributed by atoms with E-state index < -0.39 is 22.8 Å². The third-order valence-corrected chi connectivity index (χ3v) is 4.06. The van der Waals surface area contributed by atoms with E-state index in [0.717, 1.165) is 5.56 Å². The first-order chi connectivity index (χ1) is 12.8. The predicted octanol–water partition coefficient (Wildman–Crippen LogP) is 4.44. The van der Waals surface area contributed by atoms with Gasteiger partial charge in [0.2, 0.25) is 0 Å². The Balaban J connectivity index is 0.000000277. The predicted molar refractivity (Wildman–Crippen MR) is 101 cm³/mol. The SMILES string of the molecule is CC[C@@H](C(=O)O)c1ccc([N+](=O)[O-])cc1.C[C@H](CC(=O)O)c1ccccc1. The highest BCUT2D eigenvalue weighted by molar-refractivity contribution is 5.76. The Morgan fingerprint density at radius 1 is 1.00 bits per heavy atom. The van der Waals surface area contributed by atoms with Crippen molar-refractivity contribution in [3.8, 4) is 0 Å². The summed E-state index contributed by atoms with van der Waals surface area (Å²) >= 11 is 0. The molecule has 144 valence electrons. The number of non-ortho nitro benzene ring substituents is 1. The molecule has 0 saturated heterocycles. The molecule has 2 N–H and O–H groups in total. The zero-order chi connectivity index (χ0) is 20.4. The first-order valence-electron chi connectivity index (χ1n) is 8.50. The lowest BCUT2D eigenvalue weighted by atomic mass is 9.97. The highest BCUT2D eigenvalue weighted by Crippen LogP contribution is 2.22. The molecule has 7 nitrogen and oxygen atoms in total. The van der Waals surface area contributed by atoms with E-state index in [4.69, 9.17) is 10.2 Å². The molecule has 2 aromatic carbocycles. The summed E-state index contributed by atoms with van der Waals surface area (Å²) in [6, 6.07) is 15.3. The fourth-order valence-electron chi connectivity index (χ4n) is 2.54. The number of hydrogen-bond acceptors (Lipinski definition) is 4.